The van der Waals surface area contributed by atoms with Crippen LogP contribution in [0.4, 0.5) is 0 Å². The normalized spacial score (nSPS) is 14.3. The third-order valence-corrected chi connectivity index (χ3v) is 6.72. The zero-order valence-corrected chi connectivity index (χ0v) is 19.4. The van der Waals surface area contributed by atoms with Crippen LogP contribution in [0.25, 0.3) is 0 Å². The Kier molecular flexibility index (Phi) is 8.40. The van der Waals surface area contributed by atoms with Gasteiger partial charge in [-0.25, -0.2) is 4.68 Å². The van der Waals surface area contributed by atoms with Crippen LogP contribution in [0.1, 0.15) is 46.2 Å². The number of aliphatic hydroxyl groups is 1. The lowest BCUT2D eigenvalue weighted by molar-refractivity contribution is 0.00779. The first-order chi connectivity index (χ1) is 12.0. The molecule has 4 nitrogen and oxygen atoms in total. The molecule has 1 aromatic heterocycles. The smallest absolute Gasteiger partial charge is 0.201 e. The van der Waals surface area contributed by atoms with E-state index in [2.05, 4.69) is 31.1 Å². The van der Waals surface area contributed by atoms with E-state index in [1.807, 2.05) is 56.6 Å². The van der Waals surface area contributed by atoms with Crippen molar-refractivity contribution in [1.82, 2.24) is 14.1 Å². The molecule has 0 spiro atoms. The molecule has 146 valence electrons. The van der Waals surface area contributed by atoms with Crippen molar-refractivity contribution in [2.75, 3.05) is 13.3 Å². The second-order valence-corrected chi connectivity index (χ2v) is 13.4. The quantitative estimate of drug-likeness (QED) is 0.526. The summed E-state index contributed by atoms with van der Waals surface area (Å²) >= 11 is 11.1. The number of hydrogen-bond donors (Lipinski definition) is 1. The van der Waals surface area contributed by atoms with Crippen molar-refractivity contribution < 1.29 is 5.11 Å². The van der Waals surface area contributed by atoms with E-state index in [0.717, 1.165) is 6.42 Å². The summed E-state index contributed by atoms with van der Waals surface area (Å²) in [6.07, 6.45) is 0.186. The maximum atomic E-state index is 11.0. The molecule has 0 aliphatic carbocycles. The van der Waals surface area contributed by atoms with Crippen molar-refractivity contribution in [3.8, 4) is 0 Å². The Hall–Kier alpha value is -0.810. The Morgan fingerprint density at radius 1 is 1.19 bits per heavy atom. The third-order valence-electron chi connectivity index (χ3n) is 4.34. The van der Waals surface area contributed by atoms with Crippen LogP contribution >= 0.6 is 18.4 Å². The molecule has 2 unspecified atom stereocenters. The van der Waals surface area contributed by atoms with Gasteiger partial charge in [0.2, 0.25) is 4.77 Å². The lowest BCUT2D eigenvalue weighted by Gasteiger charge is -2.34. The Balaban J connectivity index is 0.00000163. The number of aromatic nitrogens is 3. The molecular formula is C19H32N3OPS2. The monoisotopic (exact) mass is 413 g/mol. The van der Waals surface area contributed by atoms with E-state index in [1.54, 1.807) is 11.0 Å². The third kappa shape index (κ3) is 5.59. The Labute approximate surface area is 168 Å². The fraction of sp³-hybridized carbons (Fsp3) is 0.579. The van der Waals surface area contributed by atoms with Gasteiger partial charge in [0.05, 0.1) is 12.1 Å². The molecule has 2 rings (SSSR count). The maximum absolute atomic E-state index is 11.0. The SMILES string of the molecule is CC.CC(C(O)C(C)(C)Cc1ccccc1)n1ncn(P(C)(C)=S)c1=S. The number of aliphatic hydroxyl groups excluding tert-OH is 1. The first-order valence-corrected chi connectivity index (χ1v) is 13.0. The Morgan fingerprint density at radius 3 is 2.19 bits per heavy atom. The largest absolute Gasteiger partial charge is 0.390 e. The molecule has 2 atom stereocenters. The van der Waals surface area contributed by atoms with Crippen LogP contribution in [-0.2, 0) is 18.2 Å². The minimum atomic E-state index is -1.72. The second-order valence-electron chi connectivity index (χ2n) is 7.33. The summed E-state index contributed by atoms with van der Waals surface area (Å²) in [5.41, 5.74) is 0.901. The highest BCUT2D eigenvalue weighted by Crippen LogP contribution is 2.39. The summed E-state index contributed by atoms with van der Waals surface area (Å²) in [4.78, 5) is 0. The van der Waals surface area contributed by atoms with Gasteiger partial charge in [-0.15, -0.1) is 0 Å². The highest BCUT2D eigenvalue weighted by Gasteiger charge is 2.34. The van der Waals surface area contributed by atoms with Crippen molar-refractivity contribution in [3.05, 3.63) is 47.0 Å². The molecule has 7 heteroatoms. The average molecular weight is 414 g/mol. The fourth-order valence-corrected chi connectivity index (χ4v) is 5.12. The van der Waals surface area contributed by atoms with Crippen molar-refractivity contribution in [3.63, 3.8) is 0 Å². The van der Waals surface area contributed by atoms with Crippen LogP contribution in [-0.4, -0.2) is 38.7 Å². The van der Waals surface area contributed by atoms with Gasteiger partial charge in [-0.2, -0.15) is 5.10 Å². The van der Waals surface area contributed by atoms with Crippen LogP contribution in [0, 0.1) is 10.2 Å². The van der Waals surface area contributed by atoms with E-state index < -0.39 is 12.3 Å². The second kappa shape index (κ2) is 9.41. The topological polar surface area (TPSA) is 43.0 Å². The van der Waals surface area contributed by atoms with Crippen molar-refractivity contribution >= 4 is 30.2 Å². The van der Waals surface area contributed by atoms with E-state index >= 15 is 0 Å². The first-order valence-electron chi connectivity index (χ1n) is 8.98. The van der Waals surface area contributed by atoms with Crippen LogP contribution in [0.3, 0.4) is 0 Å². The van der Waals surface area contributed by atoms with Gasteiger partial charge in [0.25, 0.3) is 0 Å². The molecular weight excluding hydrogens is 381 g/mol. The molecule has 1 heterocycles. The molecule has 0 radical (unpaired) electrons. The van der Waals surface area contributed by atoms with E-state index in [9.17, 15) is 5.11 Å². The van der Waals surface area contributed by atoms with Gasteiger partial charge in [0.1, 0.15) is 6.33 Å². The summed E-state index contributed by atoms with van der Waals surface area (Å²) in [5, 5.41) is 15.4. The predicted octanol–water partition coefficient (Wildman–Crippen LogP) is 5.13. The van der Waals surface area contributed by atoms with Gasteiger partial charge < -0.3 is 5.11 Å². The molecule has 0 bridgehead atoms. The van der Waals surface area contributed by atoms with Gasteiger partial charge in [-0.3, -0.25) is 4.34 Å². The number of benzene rings is 1. The molecule has 0 saturated carbocycles. The van der Waals surface area contributed by atoms with Gasteiger partial charge in [-0.1, -0.05) is 69.8 Å². The molecule has 0 amide bonds. The minimum absolute atomic E-state index is 0.223. The van der Waals surface area contributed by atoms with Crippen LogP contribution in [0.5, 0.6) is 0 Å². The molecule has 0 fully saturated rings. The maximum Gasteiger partial charge on any atom is 0.201 e. The summed E-state index contributed by atoms with van der Waals surface area (Å²) in [6.45, 7) is 14.1. The Morgan fingerprint density at radius 2 is 1.73 bits per heavy atom. The van der Waals surface area contributed by atoms with Crippen LogP contribution < -0.4 is 0 Å². The van der Waals surface area contributed by atoms with Gasteiger partial charge in [0.15, 0.2) is 0 Å². The average Bonchev–Trinajstić information content (AvgIpc) is 2.97. The highest BCUT2D eigenvalue weighted by molar-refractivity contribution is 8.13. The van der Waals surface area contributed by atoms with Gasteiger partial charge >= 0.3 is 0 Å². The molecule has 1 N–H and O–H groups in total. The fourth-order valence-electron chi connectivity index (χ4n) is 2.93. The zero-order chi connectivity index (χ0) is 20.1. The van der Waals surface area contributed by atoms with Crippen LogP contribution in [0.2, 0.25) is 0 Å². The van der Waals surface area contributed by atoms with Crippen molar-refractivity contribution in [2.45, 2.75) is 53.2 Å². The summed E-state index contributed by atoms with van der Waals surface area (Å²) in [7, 11) is 0. The van der Waals surface area contributed by atoms with Crippen molar-refractivity contribution in [1.29, 1.82) is 0 Å². The molecule has 2 aromatic rings. The molecule has 0 saturated heterocycles. The highest BCUT2D eigenvalue weighted by atomic mass is 32.4. The summed E-state index contributed by atoms with van der Waals surface area (Å²) < 4.78 is 4.21. The summed E-state index contributed by atoms with van der Waals surface area (Å²) in [5.74, 6) is 0. The number of hydrogen-bond acceptors (Lipinski definition) is 4. The predicted molar refractivity (Wildman–Crippen MR) is 119 cm³/mol. The van der Waals surface area contributed by atoms with E-state index in [0.29, 0.717) is 4.77 Å². The minimum Gasteiger partial charge on any atom is -0.390 e. The van der Waals surface area contributed by atoms with Crippen LogP contribution in [0.15, 0.2) is 36.7 Å². The van der Waals surface area contributed by atoms with E-state index in [4.69, 9.17) is 24.0 Å². The lowest BCUT2D eigenvalue weighted by Crippen LogP contribution is -2.38. The standard InChI is InChI=1S/C17H26N3OPS2.C2H6/c1-13(20-16(23)19(12-18-20)22(4,5)24)15(21)17(2,3)11-14-9-7-6-8-10-14;1-2/h6-10,12-13,15,21H,11H2,1-5H3;1-2H3. The van der Waals surface area contributed by atoms with Crippen molar-refractivity contribution in [2.24, 2.45) is 5.41 Å². The van der Waals surface area contributed by atoms with Gasteiger partial charge in [0, 0.05) is 6.19 Å². The molecule has 0 aliphatic heterocycles. The number of nitrogens with zero attached hydrogens (tertiary/aromatic N) is 3. The van der Waals surface area contributed by atoms with E-state index in [1.165, 1.54) is 5.56 Å². The summed E-state index contributed by atoms with van der Waals surface area (Å²) in [6, 6.07) is 10.00. The lowest BCUT2D eigenvalue weighted by atomic mass is 9.78. The molecule has 1 aromatic carbocycles. The van der Waals surface area contributed by atoms with E-state index in [-0.39, 0.29) is 11.5 Å². The first kappa shape index (κ1) is 23.2. The molecule has 0 aliphatic rings. The Bertz CT molecular complexity index is 793. The van der Waals surface area contributed by atoms with Gasteiger partial charge in [-0.05, 0) is 49.9 Å². The zero-order valence-electron chi connectivity index (χ0n) is 16.9. The number of rotatable bonds is 6. The molecule has 26 heavy (non-hydrogen) atoms.